The van der Waals surface area contributed by atoms with Crippen LogP contribution in [0.25, 0.3) is 0 Å². The highest BCUT2D eigenvalue weighted by molar-refractivity contribution is 7.99. The number of aryl methyl sites for hydroxylation is 1. The van der Waals surface area contributed by atoms with Crippen LogP contribution in [0.3, 0.4) is 0 Å². The number of imide groups is 1. The van der Waals surface area contributed by atoms with Crippen LogP contribution in [0.5, 0.6) is 0 Å². The standard InChI is InChI=1S/C23H24N2O5S/c1-4-31-11-10-18(23(29)30)24-20(26)15-8-9-16-17(12-15)22(28)25(21(16)27)19-7-5-6-13(2)14(19)3/h5-9,12,18H,4,10-11H2,1-3H3,(H,24,26)(H,29,30). The second kappa shape index (κ2) is 9.34. The number of nitrogens with zero attached hydrogens (tertiary/aromatic N) is 1. The van der Waals surface area contributed by atoms with Crippen molar-refractivity contribution in [1.82, 2.24) is 5.32 Å². The Hall–Kier alpha value is -3.13. The molecule has 2 N–H and O–H groups in total. The molecule has 0 saturated carbocycles. The van der Waals surface area contributed by atoms with Gasteiger partial charge in [-0.2, -0.15) is 11.8 Å². The molecule has 1 atom stereocenters. The third-order valence-corrected chi connectivity index (χ3v) is 6.26. The number of benzene rings is 2. The molecule has 1 aliphatic heterocycles. The first kappa shape index (κ1) is 22.6. The van der Waals surface area contributed by atoms with Gasteiger partial charge in [-0.15, -0.1) is 0 Å². The molecule has 0 aromatic heterocycles. The number of hydrogen-bond donors (Lipinski definition) is 2. The lowest BCUT2D eigenvalue weighted by molar-refractivity contribution is -0.139. The SMILES string of the molecule is CCSCCC(NC(=O)c1ccc2c(c1)C(=O)N(c1cccc(C)c1C)C2=O)C(=O)O. The predicted octanol–water partition coefficient (Wildman–Crippen LogP) is 3.43. The van der Waals surface area contributed by atoms with Gasteiger partial charge in [0.2, 0.25) is 0 Å². The molecule has 0 radical (unpaired) electrons. The number of anilines is 1. The van der Waals surface area contributed by atoms with E-state index in [4.69, 9.17) is 0 Å². The van der Waals surface area contributed by atoms with Crippen LogP contribution in [0.4, 0.5) is 5.69 Å². The molecule has 3 amide bonds. The molecule has 2 aromatic carbocycles. The van der Waals surface area contributed by atoms with E-state index in [1.54, 1.807) is 23.9 Å². The maximum Gasteiger partial charge on any atom is 0.326 e. The van der Waals surface area contributed by atoms with E-state index >= 15 is 0 Å². The molecule has 31 heavy (non-hydrogen) atoms. The van der Waals surface area contributed by atoms with Crippen LogP contribution >= 0.6 is 11.8 Å². The first-order valence-corrected chi connectivity index (χ1v) is 11.1. The molecule has 8 heteroatoms. The van der Waals surface area contributed by atoms with E-state index < -0.39 is 29.7 Å². The van der Waals surface area contributed by atoms with Gasteiger partial charge in [0, 0.05) is 5.56 Å². The Balaban J connectivity index is 1.85. The van der Waals surface area contributed by atoms with Gasteiger partial charge in [-0.05, 0) is 67.2 Å². The van der Waals surface area contributed by atoms with E-state index in [0.29, 0.717) is 17.9 Å². The Morgan fingerprint density at radius 1 is 1.10 bits per heavy atom. The molecule has 0 fully saturated rings. The van der Waals surface area contributed by atoms with Crippen molar-refractivity contribution in [3.8, 4) is 0 Å². The summed E-state index contributed by atoms with van der Waals surface area (Å²) in [6, 6.07) is 8.60. The lowest BCUT2D eigenvalue weighted by Gasteiger charge is -2.17. The van der Waals surface area contributed by atoms with Crippen LogP contribution in [-0.4, -0.2) is 46.3 Å². The van der Waals surface area contributed by atoms with Crippen LogP contribution in [0.1, 0.15) is 55.5 Å². The summed E-state index contributed by atoms with van der Waals surface area (Å²) in [6.45, 7) is 5.72. The van der Waals surface area contributed by atoms with Gasteiger partial charge in [-0.25, -0.2) is 9.69 Å². The van der Waals surface area contributed by atoms with Gasteiger partial charge in [0.05, 0.1) is 16.8 Å². The van der Waals surface area contributed by atoms with Gasteiger partial charge in [0.25, 0.3) is 17.7 Å². The Morgan fingerprint density at radius 3 is 2.48 bits per heavy atom. The zero-order chi connectivity index (χ0) is 22.7. The second-order valence-electron chi connectivity index (χ2n) is 7.27. The minimum Gasteiger partial charge on any atom is -0.480 e. The highest BCUT2D eigenvalue weighted by Gasteiger charge is 2.38. The molecule has 2 aromatic rings. The first-order chi connectivity index (χ1) is 14.8. The van der Waals surface area contributed by atoms with E-state index in [0.717, 1.165) is 21.8 Å². The summed E-state index contributed by atoms with van der Waals surface area (Å²) in [5.41, 5.74) is 2.77. The summed E-state index contributed by atoms with van der Waals surface area (Å²) in [4.78, 5) is 51.2. The van der Waals surface area contributed by atoms with Crippen molar-refractivity contribution >= 4 is 41.1 Å². The highest BCUT2D eigenvalue weighted by atomic mass is 32.2. The fourth-order valence-corrected chi connectivity index (χ4v) is 4.11. The lowest BCUT2D eigenvalue weighted by atomic mass is 10.0. The number of thioether (sulfide) groups is 1. The molecule has 3 rings (SSSR count). The van der Waals surface area contributed by atoms with Crippen molar-refractivity contribution in [2.24, 2.45) is 0 Å². The molecule has 0 aliphatic carbocycles. The summed E-state index contributed by atoms with van der Waals surface area (Å²) in [7, 11) is 0. The molecule has 1 heterocycles. The minimum atomic E-state index is -1.11. The van der Waals surface area contributed by atoms with Gasteiger partial charge >= 0.3 is 5.97 Å². The van der Waals surface area contributed by atoms with Crippen molar-refractivity contribution in [2.75, 3.05) is 16.4 Å². The predicted molar refractivity (Wildman–Crippen MR) is 120 cm³/mol. The molecular weight excluding hydrogens is 416 g/mol. The monoisotopic (exact) mass is 440 g/mol. The molecular formula is C23H24N2O5S. The number of nitrogens with one attached hydrogen (secondary N) is 1. The summed E-state index contributed by atoms with van der Waals surface area (Å²) < 4.78 is 0. The average Bonchev–Trinajstić information content (AvgIpc) is 2.99. The maximum absolute atomic E-state index is 13.0. The van der Waals surface area contributed by atoms with E-state index in [1.165, 1.54) is 18.2 Å². The van der Waals surface area contributed by atoms with Crippen molar-refractivity contribution in [2.45, 2.75) is 33.2 Å². The summed E-state index contributed by atoms with van der Waals surface area (Å²) in [5.74, 6) is -1.19. The normalized spacial score (nSPS) is 13.8. The third kappa shape index (κ3) is 4.49. The van der Waals surface area contributed by atoms with E-state index in [1.807, 2.05) is 26.8 Å². The van der Waals surface area contributed by atoms with E-state index in [-0.39, 0.29) is 16.7 Å². The van der Waals surface area contributed by atoms with Gasteiger partial charge < -0.3 is 10.4 Å². The second-order valence-corrected chi connectivity index (χ2v) is 8.67. The Kier molecular flexibility index (Phi) is 6.80. The zero-order valence-corrected chi connectivity index (χ0v) is 18.4. The Morgan fingerprint density at radius 2 is 1.81 bits per heavy atom. The van der Waals surface area contributed by atoms with Crippen molar-refractivity contribution in [3.63, 3.8) is 0 Å². The fraction of sp³-hybridized carbons (Fsp3) is 0.304. The molecule has 7 nitrogen and oxygen atoms in total. The van der Waals surface area contributed by atoms with Crippen LogP contribution < -0.4 is 10.2 Å². The zero-order valence-electron chi connectivity index (χ0n) is 17.6. The number of amides is 3. The summed E-state index contributed by atoms with van der Waals surface area (Å²) in [6.07, 6.45) is 0.294. The highest BCUT2D eigenvalue weighted by Crippen LogP contribution is 2.32. The van der Waals surface area contributed by atoms with Gasteiger partial charge in [0.1, 0.15) is 6.04 Å². The van der Waals surface area contributed by atoms with Crippen LogP contribution in [0.15, 0.2) is 36.4 Å². The topological polar surface area (TPSA) is 104 Å². The number of carbonyl (C=O) groups excluding carboxylic acids is 3. The number of rotatable bonds is 8. The number of carbonyl (C=O) groups is 4. The number of aliphatic carboxylic acids is 1. The average molecular weight is 441 g/mol. The fourth-order valence-electron chi connectivity index (χ4n) is 3.42. The molecule has 162 valence electrons. The van der Waals surface area contributed by atoms with E-state index in [2.05, 4.69) is 5.32 Å². The molecule has 0 saturated heterocycles. The van der Waals surface area contributed by atoms with Crippen molar-refractivity contribution in [1.29, 1.82) is 0 Å². The first-order valence-electron chi connectivity index (χ1n) is 9.96. The number of hydrogen-bond acceptors (Lipinski definition) is 5. The van der Waals surface area contributed by atoms with Crippen molar-refractivity contribution in [3.05, 3.63) is 64.2 Å². The van der Waals surface area contributed by atoms with Crippen molar-refractivity contribution < 1.29 is 24.3 Å². The number of carboxylic acid groups (broad SMARTS) is 1. The maximum atomic E-state index is 13.0. The van der Waals surface area contributed by atoms with Crippen LogP contribution in [0, 0.1) is 13.8 Å². The number of fused-ring (bicyclic) bond motifs is 1. The Labute approximate surface area is 184 Å². The van der Waals surface area contributed by atoms with Crippen LogP contribution in [0.2, 0.25) is 0 Å². The van der Waals surface area contributed by atoms with E-state index in [9.17, 15) is 24.3 Å². The Bertz CT molecular complexity index is 1070. The third-order valence-electron chi connectivity index (χ3n) is 5.32. The van der Waals surface area contributed by atoms with Crippen LogP contribution in [-0.2, 0) is 4.79 Å². The molecule has 0 spiro atoms. The molecule has 1 aliphatic rings. The quantitative estimate of drug-likeness (QED) is 0.481. The minimum absolute atomic E-state index is 0.131. The molecule has 1 unspecified atom stereocenters. The smallest absolute Gasteiger partial charge is 0.326 e. The summed E-state index contributed by atoms with van der Waals surface area (Å²) >= 11 is 1.59. The van der Waals surface area contributed by atoms with Gasteiger partial charge in [-0.3, -0.25) is 14.4 Å². The summed E-state index contributed by atoms with van der Waals surface area (Å²) in [5, 5.41) is 11.9. The molecule has 0 bridgehead atoms. The number of carboxylic acids is 1. The lowest BCUT2D eigenvalue weighted by Crippen LogP contribution is -2.41. The van der Waals surface area contributed by atoms with Gasteiger partial charge in [0.15, 0.2) is 0 Å². The van der Waals surface area contributed by atoms with Gasteiger partial charge in [-0.1, -0.05) is 19.1 Å². The largest absolute Gasteiger partial charge is 0.480 e.